The van der Waals surface area contributed by atoms with Crippen molar-refractivity contribution >= 4 is 40.8 Å². The third-order valence-corrected chi connectivity index (χ3v) is 6.98. The van der Waals surface area contributed by atoms with Crippen LogP contribution in [-0.4, -0.2) is 29.6 Å². The number of hydrogen-bond donors (Lipinski definition) is 2. The van der Waals surface area contributed by atoms with E-state index >= 15 is 0 Å². The summed E-state index contributed by atoms with van der Waals surface area (Å²) in [5, 5.41) is 7.09. The maximum atomic E-state index is 14.6. The Balaban J connectivity index is 2.00. The minimum Gasteiger partial charge on any atom is -0.459 e. The number of nitrogens with one attached hydrogen (secondary N) is 2. The molecule has 2 aliphatic heterocycles. The molecule has 1 spiro atoms. The number of carbonyl (C=O) groups is 2. The molecule has 2 heterocycles. The van der Waals surface area contributed by atoms with Crippen LogP contribution in [0.1, 0.15) is 65.0 Å². The molecule has 1 amide bonds. The van der Waals surface area contributed by atoms with E-state index in [0.29, 0.717) is 28.3 Å². The molecule has 5 nitrogen and oxygen atoms in total. The second-order valence-corrected chi connectivity index (χ2v) is 12.6. The smallest absolute Gasteiger partial charge is 0.324 e. The number of rotatable bonds is 3. The molecule has 8 heteroatoms. The average Bonchev–Trinajstić information content (AvgIpc) is 3.14. The van der Waals surface area contributed by atoms with Crippen LogP contribution >= 0.6 is 23.2 Å². The van der Waals surface area contributed by atoms with Gasteiger partial charge in [0.2, 0.25) is 5.91 Å². The Morgan fingerprint density at radius 3 is 2.34 bits per heavy atom. The largest absolute Gasteiger partial charge is 0.459 e. The number of fused-ring (bicyclic) bond motifs is 2. The van der Waals surface area contributed by atoms with E-state index in [2.05, 4.69) is 31.4 Å². The first-order valence-electron chi connectivity index (χ1n) is 11.7. The van der Waals surface area contributed by atoms with Gasteiger partial charge in [-0.1, -0.05) is 50.0 Å². The average molecular weight is 521 g/mol. The van der Waals surface area contributed by atoms with Crippen LogP contribution in [0.2, 0.25) is 10.0 Å². The van der Waals surface area contributed by atoms with Crippen LogP contribution in [0.5, 0.6) is 0 Å². The summed E-state index contributed by atoms with van der Waals surface area (Å²) in [7, 11) is 0. The summed E-state index contributed by atoms with van der Waals surface area (Å²) in [5.74, 6) is -2.10. The Morgan fingerprint density at radius 1 is 1.06 bits per heavy atom. The van der Waals surface area contributed by atoms with Crippen molar-refractivity contribution < 1.29 is 18.7 Å². The molecule has 188 valence electrons. The fourth-order valence-electron chi connectivity index (χ4n) is 5.52. The number of anilines is 1. The summed E-state index contributed by atoms with van der Waals surface area (Å²) in [6.45, 7) is 11.6. The highest BCUT2D eigenvalue weighted by molar-refractivity contribution is 6.31. The fraction of sp³-hybridized carbons (Fsp3) is 0.481. The van der Waals surface area contributed by atoms with Crippen molar-refractivity contribution in [2.45, 2.75) is 77.0 Å². The van der Waals surface area contributed by atoms with E-state index in [1.165, 1.54) is 12.1 Å². The monoisotopic (exact) mass is 520 g/mol. The van der Waals surface area contributed by atoms with Crippen LogP contribution in [0, 0.1) is 11.2 Å². The second-order valence-electron chi connectivity index (χ2n) is 11.7. The molecular formula is C27H31Cl2FN2O3. The molecule has 2 aromatic rings. The molecule has 35 heavy (non-hydrogen) atoms. The predicted octanol–water partition coefficient (Wildman–Crippen LogP) is 6.22. The van der Waals surface area contributed by atoms with E-state index in [1.54, 1.807) is 39.0 Å². The molecule has 0 bridgehead atoms. The van der Waals surface area contributed by atoms with E-state index in [9.17, 15) is 14.0 Å². The van der Waals surface area contributed by atoms with Crippen molar-refractivity contribution in [1.29, 1.82) is 0 Å². The number of halogens is 3. The van der Waals surface area contributed by atoms with Gasteiger partial charge >= 0.3 is 5.97 Å². The number of esters is 1. The number of hydrogen-bond acceptors (Lipinski definition) is 4. The van der Waals surface area contributed by atoms with E-state index in [1.807, 2.05) is 6.07 Å². The maximum Gasteiger partial charge on any atom is 0.324 e. The summed E-state index contributed by atoms with van der Waals surface area (Å²) < 4.78 is 20.4. The Labute approximate surface area is 215 Å². The molecule has 2 aliphatic rings. The third kappa shape index (κ3) is 4.81. The Hall–Kier alpha value is -2.15. The SMILES string of the molecule is CC(C)(C)C[C@@H]1N[C@@H](C(=O)OC(C)(C)C)[C@H](c2cc(F)cc(Cl)c2)C12C(=O)Nc1cc(Cl)ccc12. The molecule has 0 radical (unpaired) electrons. The van der Waals surface area contributed by atoms with Crippen molar-refractivity contribution in [2.24, 2.45) is 5.41 Å². The lowest BCUT2D eigenvalue weighted by Crippen LogP contribution is -2.49. The zero-order valence-electron chi connectivity index (χ0n) is 20.8. The molecular weight excluding hydrogens is 490 g/mol. The van der Waals surface area contributed by atoms with Gasteiger partial charge in [0.15, 0.2) is 0 Å². The fourth-order valence-corrected chi connectivity index (χ4v) is 5.92. The maximum absolute atomic E-state index is 14.6. The van der Waals surface area contributed by atoms with Gasteiger partial charge in [-0.05, 0) is 74.1 Å². The lowest BCUT2D eigenvalue weighted by Gasteiger charge is -2.37. The quantitative estimate of drug-likeness (QED) is 0.471. The number of amides is 1. The zero-order chi connectivity index (χ0) is 25.9. The van der Waals surface area contributed by atoms with Crippen LogP contribution in [-0.2, 0) is 19.7 Å². The summed E-state index contributed by atoms with van der Waals surface area (Å²) in [5.41, 5.74) is -0.404. The van der Waals surface area contributed by atoms with Crippen molar-refractivity contribution in [3.8, 4) is 0 Å². The van der Waals surface area contributed by atoms with Crippen molar-refractivity contribution in [3.05, 3.63) is 63.4 Å². The molecule has 1 fully saturated rings. The van der Waals surface area contributed by atoms with Gasteiger partial charge in [0, 0.05) is 27.7 Å². The molecule has 2 N–H and O–H groups in total. The molecule has 0 saturated carbocycles. The summed E-state index contributed by atoms with van der Waals surface area (Å²) >= 11 is 12.5. The van der Waals surface area contributed by atoms with Gasteiger partial charge in [-0.25, -0.2) is 4.39 Å². The van der Waals surface area contributed by atoms with Gasteiger partial charge in [0.1, 0.15) is 22.9 Å². The van der Waals surface area contributed by atoms with E-state index in [-0.39, 0.29) is 16.3 Å². The highest BCUT2D eigenvalue weighted by atomic mass is 35.5. The molecule has 4 rings (SSSR count). The third-order valence-electron chi connectivity index (χ3n) is 6.53. The molecule has 2 aromatic carbocycles. The van der Waals surface area contributed by atoms with Crippen molar-refractivity contribution in [3.63, 3.8) is 0 Å². The van der Waals surface area contributed by atoms with E-state index in [0.717, 1.165) is 0 Å². The van der Waals surface area contributed by atoms with Crippen LogP contribution in [0.15, 0.2) is 36.4 Å². The zero-order valence-corrected chi connectivity index (χ0v) is 22.3. The molecule has 4 atom stereocenters. The van der Waals surface area contributed by atoms with Crippen molar-refractivity contribution in [2.75, 3.05) is 5.32 Å². The van der Waals surface area contributed by atoms with E-state index in [4.69, 9.17) is 27.9 Å². The van der Waals surface area contributed by atoms with E-state index < -0.39 is 40.8 Å². The minimum absolute atomic E-state index is 0.187. The lowest BCUT2D eigenvalue weighted by molar-refractivity contribution is -0.157. The summed E-state index contributed by atoms with van der Waals surface area (Å²) in [6.07, 6.45) is 0.571. The van der Waals surface area contributed by atoms with Gasteiger partial charge < -0.3 is 10.1 Å². The number of benzene rings is 2. The van der Waals surface area contributed by atoms with Crippen molar-refractivity contribution in [1.82, 2.24) is 5.32 Å². The van der Waals surface area contributed by atoms with Gasteiger partial charge in [0.25, 0.3) is 0 Å². The van der Waals surface area contributed by atoms with Gasteiger partial charge in [-0.3, -0.25) is 14.9 Å². The molecule has 0 aliphatic carbocycles. The Morgan fingerprint density at radius 2 is 1.74 bits per heavy atom. The minimum atomic E-state index is -1.22. The number of carbonyl (C=O) groups excluding carboxylic acids is 2. The van der Waals surface area contributed by atoms with Gasteiger partial charge in [-0.15, -0.1) is 0 Å². The van der Waals surface area contributed by atoms with Crippen LogP contribution in [0.25, 0.3) is 0 Å². The Kier molecular flexibility index (Phi) is 6.48. The lowest BCUT2D eigenvalue weighted by atomic mass is 9.62. The summed E-state index contributed by atoms with van der Waals surface area (Å²) in [4.78, 5) is 27.6. The predicted molar refractivity (Wildman–Crippen MR) is 137 cm³/mol. The first kappa shape index (κ1) is 25.9. The molecule has 1 saturated heterocycles. The Bertz CT molecular complexity index is 1170. The summed E-state index contributed by atoms with van der Waals surface area (Å²) in [6, 6.07) is 8.06. The highest BCUT2D eigenvalue weighted by Gasteiger charge is 2.66. The van der Waals surface area contributed by atoms with Gasteiger partial charge in [0.05, 0.1) is 0 Å². The topological polar surface area (TPSA) is 67.4 Å². The first-order chi connectivity index (χ1) is 16.1. The standard InChI is InChI=1S/C27H31Cl2FN2O3/c1-25(2,3)13-20-27(18-8-7-15(28)12-19(18)31-24(27)34)21(14-9-16(29)11-17(30)10-14)22(32-20)23(33)35-26(4,5)6/h7-12,20-22,32H,13H2,1-6H3,(H,31,34)/t20-,21-,22+,27?/m0/s1. The van der Waals surface area contributed by atoms with Crippen LogP contribution in [0.4, 0.5) is 10.1 Å². The van der Waals surface area contributed by atoms with Gasteiger partial charge in [-0.2, -0.15) is 0 Å². The highest BCUT2D eigenvalue weighted by Crippen LogP contribution is 2.57. The second kappa shape index (κ2) is 8.75. The first-order valence-corrected chi connectivity index (χ1v) is 12.4. The van der Waals surface area contributed by atoms with Crippen LogP contribution < -0.4 is 10.6 Å². The molecule has 0 aromatic heterocycles. The number of ether oxygens (including phenoxy) is 1. The molecule has 1 unspecified atom stereocenters. The van der Waals surface area contributed by atoms with Crippen LogP contribution in [0.3, 0.4) is 0 Å². The normalized spacial score (nSPS) is 26.1.